The van der Waals surface area contributed by atoms with E-state index in [1.165, 1.54) is 6.07 Å². The van der Waals surface area contributed by atoms with Crippen molar-refractivity contribution in [3.63, 3.8) is 0 Å². The minimum Gasteiger partial charge on any atom is -0.504 e. The van der Waals surface area contributed by atoms with Gasteiger partial charge in [0.1, 0.15) is 24.9 Å². The van der Waals surface area contributed by atoms with E-state index in [4.69, 9.17) is 14.2 Å². The van der Waals surface area contributed by atoms with Crippen LogP contribution in [0.4, 0.5) is 0 Å². The topological polar surface area (TPSA) is 138 Å². The number of H-pyrrole nitrogens is 1. The van der Waals surface area contributed by atoms with E-state index in [-0.39, 0.29) is 73.3 Å². The molecule has 0 amide bonds. The van der Waals surface area contributed by atoms with Crippen LogP contribution in [0.2, 0.25) is 0 Å². The number of para-hydroxylation sites is 1. The average molecular weight is 704 g/mol. The van der Waals surface area contributed by atoms with Crippen LogP contribution in [0.5, 0.6) is 23.0 Å². The van der Waals surface area contributed by atoms with E-state index in [0.29, 0.717) is 25.0 Å². The van der Waals surface area contributed by atoms with Crippen LogP contribution in [-0.4, -0.2) is 58.5 Å². The van der Waals surface area contributed by atoms with E-state index in [2.05, 4.69) is 29.0 Å². The number of aliphatic hydroxyl groups excluding tert-OH is 1. The summed E-state index contributed by atoms with van der Waals surface area (Å²) >= 11 is 0. The lowest BCUT2D eigenvalue weighted by Gasteiger charge is -2.35. The first-order valence-electron chi connectivity index (χ1n) is 18.3. The number of fused-ring (bicyclic) bond motifs is 6. The van der Waals surface area contributed by atoms with Gasteiger partial charge in [-0.25, -0.2) is 0 Å². The van der Waals surface area contributed by atoms with Gasteiger partial charge in [0, 0.05) is 35.7 Å². The Labute approximate surface area is 303 Å². The summed E-state index contributed by atoms with van der Waals surface area (Å²) in [5.41, 5.74) is 6.62. The number of aromatic amines is 1. The highest BCUT2D eigenvalue weighted by molar-refractivity contribution is 5.94. The van der Waals surface area contributed by atoms with Gasteiger partial charge in [-0.1, -0.05) is 55.0 Å². The van der Waals surface area contributed by atoms with Crippen molar-refractivity contribution in [2.24, 2.45) is 11.8 Å². The Hall–Kier alpha value is -5.20. The summed E-state index contributed by atoms with van der Waals surface area (Å²) in [6.45, 7) is -0.142. The molecule has 1 aliphatic heterocycles. The molecule has 52 heavy (non-hydrogen) atoms. The molecule has 4 aromatic rings. The van der Waals surface area contributed by atoms with E-state index in [9.17, 15) is 24.9 Å². The third kappa shape index (κ3) is 7.40. The number of hydrogen-bond acceptors (Lipinski definition) is 8. The summed E-state index contributed by atoms with van der Waals surface area (Å²) in [5, 5.41) is 31.6. The molecule has 3 aliphatic rings. The van der Waals surface area contributed by atoms with Crippen LogP contribution in [0.1, 0.15) is 85.2 Å². The quantitative estimate of drug-likeness (QED) is 0.118. The highest BCUT2D eigenvalue weighted by atomic mass is 16.5. The molecule has 4 N–H and O–H groups in total. The minimum absolute atomic E-state index is 0.00396. The number of aromatic hydroxyl groups is 2. The fraction of sp³-hybridized carbons (Fsp3) is 0.395. The Balaban J connectivity index is 1.30. The molecule has 7 rings (SSSR count). The molecule has 2 heterocycles. The zero-order valence-corrected chi connectivity index (χ0v) is 29.5. The van der Waals surface area contributed by atoms with Gasteiger partial charge in [-0.05, 0) is 96.0 Å². The number of aromatic nitrogens is 1. The maximum Gasteiger partial charge on any atom is 0.318 e. The minimum atomic E-state index is -0.680. The van der Waals surface area contributed by atoms with Crippen LogP contribution >= 0.6 is 0 Å². The number of ketones is 1. The number of aryl methyl sites for hydroxylation is 1. The van der Waals surface area contributed by atoms with E-state index in [0.717, 1.165) is 70.1 Å². The Morgan fingerprint density at radius 1 is 0.942 bits per heavy atom. The van der Waals surface area contributed by atoms with Crippen molar-refractivity contribution < 1.29 is 39.1 Å². The average Bonchev–Trinajstić information content (AvgIpc) is 3.45. The summed E-state index contributed by atoms with van der Waals surface area (Å²) in [4.78, 5) is 31.1. The number of rotatable bonds is 7. The van der Waals surface area contributed by atoms with Crippen molar-refractivity contribution >= 4 is 28.2 Å². The van der Waals surface area contributed by atoms with Crippen molar-refractivity contribution in [3.05, 3.63) is 88.6 Å². The lowest BCUT2D eigenvalue weighted by molar-refractivity contribution is -0.149. The van der Waals surface area contributed by atoms with Crippen LogP contribution in [0.3, 0.4) is 0 Å². The van der Waals surface area contributed by atoms with Gasteiger partial charge in [0.15, 0.2) is 23.0 Å². The molecule has 9 nitrogen and oxygen atoms in total. The molecule has 0 spiro atoms. The third-order valence-electron chi connectivity index (χ3n) is 10.8. The Kier molecular flexibility index (Phi) is 10.6. The second kappa shape index (κ2) is 15.6. The highest BCUT2D eigenvalue weighted by Gasteiger charge is 2.39. The number of allylic oxidation sites excluding steroid dienone is 1. The molecule has 0 radical (unpaired) electrons. The van der Waals surface area contributed by atoms with Crippen molar-refractivity contribution in [3.8, 4) is 34.8 Å². The van der Waals surface area contributed by atoms with Gasteiger partial charge in [-0.3, -0.25) is 9.59 Å². The number of nitrogens with one attached hydrogen (secondary N) is 1. The first-order valence-corrected chi connectivity index (χ1v) is 18.3. The molecular weight excluding hydrogens is 658 g/mol. The van der Waals surface area contributed by atoms with Crippen molar-refractivity contribution in [1.29, 1.82) is 0 Å². The fourth-order valence-electron chi connectivity index (χ4n) is 8.42. The zero-order chi connectivity index (χ0) is 36.2. The Morgan fingerprint density at radius 3 is 2.62 bits per heavy atom. The largest absolute Gasteiger partial charge is 0.504 e. The summed E-state index contributed by atoms with van der Waals surface area (Å²) in [6, 6.07) is 16.8. The predicted molar refractivity (Wildman–Crippen MR) is 197 cm³/mol. The van der Waals surface area contributed by atoms with Crippen molar-refractivity contribution in [1.82, 2.24) is 4.98 Å². The number of ether oxygens (including phenoxy) is 3. The van der Waals surface area contributed by atoms with Crippen LogP contribution in [0.15, 0.2) is 60.7 Å². The zero-order valence-electron chi connectivity index (χ0n) is 29.5. The summed E-state index contributed by atoms with van der Waals surface area (Å²) in [6.07, 6.45) is 7.30. The van der Waals surface area contributed by atoms with E-state index < -0.39 is 12.1 Å². The number of carbonyl (C=O) groups excluding carboxylic acids is 2. The highest BCUT2D eigenvalue weighted by Crippen LogP contribution is 2.51. The molecule has 0 unspecified atom stereocenters. The predicted octanol–water partition coefficient (Wildman–Crippen LogP) is 7.14. The number of aliphatic hydroxyl groups is 1. The molecule has 4 atom stereocenters. The molecule has 1 aromatic heterocycles. The number of carbonyl (C=O) groups is 2. The maximum atomic E-state index is 14.2. The molecule has 2 bridgehead atoms. The smallest absolute Gasteiger partial charge is 0.318 e. The van der Waals surface area contributed by atoms with Gasteiger partial charge in [0.25, 0.3) is 0 Å². The number of cyclic esters (lactones) is 1. The van der Waals surface area contributed by atoms with Crippen LogP contribution in [0, 0.1) is 23.7 Å². The van der Waals surface area contributed by atoms with E-state index in [1.807, 2.05) is 24.3 Å². The van der Waals surface area contributed by atoms with Gasteiger partial charge in [0.2, 0.25) is 0 Å². The molecule has 270 valence electrons. The lowest BCUT2D eigenvalue weighted by Crippen LogP contribution is -2.28. The number of esters is 1. The molecule has 2 aliphatic carbocycles. The maximum absolute atomic E-state index is 14.2. The van der Waals surface area contributed by atoms with Gasteiger partial charge < -0.3 is 34.5 Å². The molecule has 1 saturated carbocycles. The first-order chi connectivity index (χ1) is 25.3. The standard InChI is InChI=1S/C43H45NO8/c1-50-40-25-35-33-23-28(46)22-29(16-14-26-15-17-38(47)41(20-26)51-19-18-45)52-42(49)13-7-5-11-32-31-10-4-6-12-37(31)44-43(32)36(34(35)24-39(40)48)21-27-8-2-3-9-30(27)33/h4,6,10,12,15,17,20-21,24-25,27,29-30,33,44-45,47-48H,2-3,8-9,11,13-14,16,18-19,22-23H2,1H3/t27-,29-,30-,33+/m1/s1. The number of phenols is 2. The van der Waals surface area contributed by atoms with Gasteiger partial charge in [-0.2, -0.15) is 0 Å². The van der Waals surface area contributed by atoms with Gasteiger partial charge >= 0.3 is 5.97 Å². The van der Waals surface area contributed by atoms with E-state index in [1.54, 1.807) is 25.3 Å². The third-order valence-corrected chi connectivity index (χ3v) is 10.8. The van der Waals surface area contributed by atoms with Gasteiger partial charge in [-0.15, -0.1) is 0 Å². The first kappa shape index (κ1) is 35.2. The monoisotopic (exact) mass is 703 g/mol. The van der Waals surface area contributed by atoms with Crippen LogP contribution in [-0.2, 0) is 27.2 Å². The summed E-state index contributed by atoms with van der Waals surface area (Å²) < 4.78 is 17.1. The molecular formula is C43H45NO8. The normalized spacial score (nSPS) is 21.8. The summed E-state index contributed by atoms with van der Waals surface area (Å²) in [5.74, 6) is 6.69. The summed E-state index contributed by atoms with van der Waals surface area (Å²) in [7, 11) is 1.54. The van der Waals surface area contributed by atoms with Crippen molar-refractivity contribution in [2.75, 3.05) is 20.3 Å². The molecule has 1 fully saturated rings. The molecule has 3 aromatic carbocycles. The Bertz CT molecular complexity index is 2070. The van der Waals surface area contributed by atoms with Crippen LogP contribution in [0.25, 0.3) is 16.5 Å². The second-order valence-electron chi connectivity index (χ2n) is 14.1. The number of benzene rings is 3. The SMILES string of the molecule is COc1cc2c(cc1O)C1=C[C@H]3CCCC[C@H]3[C@@H]2CC(=O)C[C@@H](CCc2ccc(O)c(OCCO)c2)OC(=O)CC#CCc2c1[nH]c1ccccc21. The van der Waals surface area contributed by atoms with Crippen LogP contribution < -0.4 is 9.47 Å². The van der Waals surface area contributed by atoms with Crippen molar-refractivity contribution in [2.45, 2.75) is 76.2 Å². The fourth-order valence-corrected chi connectivity index (χ4v) is 8.42. The lowest BCUT2D eigenvalue weighted by atomic mass is 9.69. The Morgan fingerprint density at radius 2 is 1.77 bits per heavy atom. The van der Waals surface area contributed by atoms with E-state index >= 15 is 0 Å². The van der Waals surface area contributed by atoms with Gasteiger partial charge in [0.05, 0.1) is 19.4 Å². The molecule has 0 saturated heterocycles. The second-order valence-corrected chi connectivity index (χ2v) is 14.1. The molecule has 9 heteroatoms. The number of methoxy groups -OCH3 is 1. The number of Topliss-reactive ketones (excluding diaryl/α,β-unsaturated/α-hetero) is 1. The number of hydrogen-bond donors (Lipinski definition) is 4. The number of phenolic OH excluding ortho intramolecular Hbond substituents is 2.